The highest BCUT2D eigenvalue weighted by Gasteiger charge is 2.46. The van der Waals surface area contributed by atoms with E-state index in [2.05, 4.69) is 29.7 Å². The van der Waals surface area contributed by atoms with Crippen molar-refractivity contribution in [3.8, 4) is 0 Å². The Morgan fingerprint density at radius 2 is 2.15 bits per heavy atom. The largest absolute Gasteiger partial charge is 0.375 e. The van der Waals surface area contributed by atoms with Crippen molar-refractivity contribution in [2.24, 2.45) is 11.8 Å². The summed E-state index contributed by atoms with van der Waals surface area (Å²) in [5.41, 5.74) is 6.36. The van der Waals surface area contributed by atoms with Crippen LogP contribution in [0.25, 0.3) is 0 Å². The molecule has 0 radical (unpaired) electrons. The second-order valence-electron chi connectivity index (χ2n) is 6.84. The monoisotopic (exact) mass is 272 g/mol. The van der Waals surface area contributed by atoms with Gasteiger partial charge < -0.3 is 4.74 Å². The third kappa shape index (κ3) is 1.92. The Balaban J connectivity index is 1.51. The summed E-state index contributed by atoms with van der Waals surface area (Å²) in [5.74, 6) is 7.18. The molecule has 2 aliphatic carbocycles. The van der Waals surface area contributed by atoms with Crippen molar-refractivity contribution in [2.75, 3.05) is 6.61 Å². The minimum Gasteiger partial charge on any atom is -0.375 e. The summed E-state index contributed by atoms with van der Waals surface area (Å²) in [5, 5.41) is 0. The van der Waals surface area contributed by atoms with Gasteiger partial charge in [0.25, 0.3) is 0 Å². The lowest BCUT2D eigenvalue weighted by atomic mass is 9.64. The van der Waals surface area contributed by atoms with Gasteiger partial charge in [-0.1, -0.05) is 24.3 Å². The molecule has 2 fully saturated rings. The number of hydrogen-bond donors (Lipinski definition) is 2. The molecular formula is C17H24N2O. The lowest BCUT2D eigenvalue weighted by molar-refractivity contribution is -0.148. The summed E-state index contributed by atoms with van der Waals surface area (Å²) < 4.78 is 6.06. The van der Waals surface area contributed by atoms with Gasteiger partial charge in [-0.3, -0.25) is 11.3 Å². The number of nitrogens with one attached hydrogen (secondary N) is 1. The fourth-order valence-electron chi connectivity index (χ4n) is 4.49. The predicted octanol–water partition coefficient (Wildman–Crippen LogP) is 2.51. The molecule has 3 nitrogen and oxygen atoms in total. The fraction of sp³-hybridized carbons (Fsp3) is 0.647. The van der Waals surface area contributed by atoms with Crippen molar-refractivity contribution < 1.29 is 4.74 Å². The fourth-order valence-corrected chi connectivity index (χ4v) is 4.49. The molecular weight excluding hydrogens is 248 g/mol. The van der Waals surface area contributed by atoms with Crippen LogP contribution in [0.5, 0.6) is 0 Å². The topological polar surface area (TPSA) is 47.3 Å². The van der Waals surface area contributed by atoms with Crippen molar-refractivity contribution in [1.29, 1.82) is 0 Å². The van der Waals surface area contributed by atoms with Crippen LogP contribution < -0.4 is 11.3 Å². The molecule has 3 aliphatic rings. The summed E-state index contributed by atoms with van der Waals surface area (Å²) in [6.07, 6.45) is 7.36. The molecule has 3 N–H and O–H groups in total. The van der Waals surface area contributed by atoms with Crippen LogP contribution in [0.15, 0.2) is 24.3 Å². The molecule has 3 atom stereocenters. The highest BCUT2D eigenvalue weighted by molar-refractivity contribution is 5.41. The standard InChI is InChI=1S/C17H24N2O/c18-19-16(15-10-12-4-1-2-5-14(12)15)13-6-9-20-17(11-13)7-3-8-17/h1-2,4-5,13,15-16,19H,3,6-11,18H2. The zero-order valence-electron chi connectivity index (χ0n) is 12.0. The molecule has 3 heteroatoms. The first kappa shape index (κ1) is 12.8. The summed E-state index contributed by atoms with van der Waals surface area (Å²) in [6, 6.07) is 9.21. The Kier molecular flexibility index (Phi) is 3.09. The van der Waals surface area contributed by atoms with Gasteiger partial charge in [-0.15, -0.1) is 0 Å². The first-order chi connectivity index (χ1) is 9.81. The molecule has 20 heavy (non-hydrogen) atoms. The second-order valence-corrected chi connectivity index (χ2v) is 6.84. The van der Waals surface area contributed by atoms with E-state index in [1.807, 2.05) is 0 Å². The predicted molar refractivity (Wildman–Crippen MR) is 79.3 cm³/mol. The van der Waals surface area contributed by atoms with E-state index in [4.69, 9.17) is 10.6 Å². The van der Waals surface area contributed by atoms with E-state index in [9.17, 15) is 0 Å². The lowest BCUT2D eigenvalue weighted by Gasteiger charge is -2.50. The van der Waals surface area contributed by atoms with Crippen LogP contribution in [0.4, 0.5) is 0 Å². The van der Waals surface area contributed by atoms with Gasteiger partial charge in [-0.05, 0) is 55.6 Å². The highest BCUT2D eigenvalue weighted by atomic mass is 16.5. The number of nitrogens with two attached hydrogens (primary N) is 1. The molecule has 0 amide bonds. The van der Waals surface area contributed by atoms with Crippen LogP contribution in [0.2, 0.25) is 0 Å². The van der Waals surface area contributed by atoms with Gasteiger partial charge in [0.2, 0.25) is 0 Å². The molecule has 1 aliphatic heterocycles. The lowest BCUT2D eigenvalue weighted by Crippen LogP contribution is -2.54. The van der Waals surface area contributed by atoms with E-state index in [1.165, 1.54) is 43.2 Å². The Bertz CT molecular complexity index is 498. The van der Waals surface area contributed by atoms with Gasteiger partial charge in [0.05, 0.1) is 5.60 Å². The molecule has 0 bridgehead atoms. The van der Waals surface area contributed by atoms with Crippen LogP contribution in [-0.4, -0.2) is 18.2 Å². The van der Waals surface area contributed by atoms with E-state index in [-0.39, 0.29) is 5.60 Å². The van der Waals surface area contributed by atoms with Crippen molar-refractivity contribution in [3.63, 3.8) is 0 Å². The average molecular weight is 272 g/mol. The number of benzene rings is 1. The SMILES string of the molecule is NNC(C1CCOC2(CCC2)C1)C1Cc2ccccc21. The maximum atomic E-state index is 6.06. The molecule has 108 valence electrons. The molecule has 1 aromatic rings. The smallest absolute Gasteiger partial charge is 0.0685 e. The molecule has 3 unspecified atom stereocenters. The molecule has 1 heterocycles. The average Bonchev–Trinajstić information content (AvgIpc) is 2.43. The maximum Gasteiger partial charge on any atom is 0.0685 e. The number of ether oxygens (including phenoxy) is 1. The summed E-state index contributed by atoms with van der Waals surface area (Å²) in [6.45, 7) is 0.914. The highest BCUT2D eigenvalue weighted by Crippen LogP contribution is 2.48. The third-order valence-corrected chi connectivity index (χ3v) is 5.82. The minimum atomic E-state index is 0.210. The number of hydrazine groups is 1. The van der Waals surface area contributed by atoms with Gasteiger partial charge in [0.15, 0.2) is 0 Å². The summed E-state index contributed by atoms with van der Waals surface area (Å²) in [7, 11) is 0. The molecule has 1 aromatic carbocycles. The van der Waals surface area contributed by atoms with Gasteiger partial charge in [-0.25, -0.2) is 0 Å². The zero-order chi connectivity index (χ0) is 13.6. The van der Waals surface area contributed by atoms with E-state index in [0.717, 1.165) is 13.0 Å². The Morgan fingerprint density at radius 1 is 1.30 bits per heavy atom. The van der Waals surface area contributed by atoms with E-state index < -0.39 is 0 Å². The summed E-state index contributed by atoms with van der Waals surface area (Å²) >= 11 is 0. The molecule has 1 saturated carbocycles. The van der Waals surface area contributed by atoms with Gasteiger partial charge in [0, 0.05) is 18.6 Å². The van der Waals surface area contributed by atoms with Crippen molar-refractivity contribution in [2.45, 2.75) is 56.1 Å². The number of rotatable bonds is 3. The van der Waals surface area contributed by atoms with E-state index in [1.54, 1.807) is 0 Å². The van der Waals surface area contributed by atoms with Crippen LogP contribution in [-0.2, 0) is 11.2 Å². The Labute approximate surface area is 120 Å². The molecule has 1 spiro atoms. The Hall–Kier alpha value is -0.900. The molecule has 1 saturated heterocycles. The van der Waals surface area contributed by atoms with E-state index >= 15 is 0 Å². The normalized spacial score (nSPS) is 32.0. The second kappa shape index (κ2) is 4.83. The Morgan fingerprint density at radius 3 is 2.85 bits per heavy atom. The van der Waals surface area contributed by atoms with Crippen LogP contribution in [0.1, 0.15) is 49.1 Å². The van der Waals surface area contributed by atoms with E-state index in [0.29, 0.717) is 17.9 Å². The summed E-state index contributed by atoms with van der Waals surface area (Å²) in [4.78, 5) is 0. The number of fused-ring (bicyclic) bond motifs is 1. The molecule has 4 rings (SSSR count). The van der Waals surface area contributed by atoms with Crippen LogP contribution >= 0.6 is 0 Å². The minimum absolute atomic E-state index is 0.210. The first-order valence-corrected chi connectivity index (χ1v) is 7.99. The first-order valence-electron chi connectivity index (χ1n) is 7.99. The van der Waals surface area contributed by atoms with Crippen LogP contribution in [0, 0.1) is 5.92 Å². The quantitative estimate of drug-likeness (QED) is 0.656. The van der Waals surface area contributed by atoms with Gasteiger partial charge >= 0.3 is 0 Å². The van der Waals surface area contributed by atoms with Crippen molar-refractivity contribution >= 4 is 0 Å². The van der Waals surface area contributed by atoms with Crippen molar-refractivity contribution in [3.05, 3.63) is 35.4 Å². The third-order valence-electron chi connectivity index (χ3n) is 5.82. The molecule has 0 aromatic heterocycles. The number of hydrogen-bond acceptors (Lipinski definition) is 3. The van der Waals surface area contributed by atoms with Gasteiger partial charge in [0.1, 0.15) is 0 Å². The van der Waals surface area contributed by atoms with Crippen molar-refractivity contribution in [1.82, 2.24) is 5.43 Å². The van der Waals surface area contributed by atoms with Crippen LogP contribution in [0.3, 0.4) is 0 Å². The maximum absolute atomic E-state index is 6.06. The zero-order valence-corrected chi connectivity index (χ0v) is 12.0. The van der Waals surface area contributed by atoms with Gasteiger partial charge in [-0.2, -0.15) is 0 Å².